The van der Waals surface area contributed by atoms with Gasteiger partial charge in [0.15, 0.2) is 0 Å². The number of fused-ring (bicyclic) bond motifs is 1. The molecule has 0 spiro atoms. The Morgan fingerprint density at radius 3 is 1.93 bits per heavy atom. The van der Waals surface area contributed by atoms with E-state index in [0.29, 0.717) is 10.8 Å². The normalized spacial score (nSPS) is 33.2. The van der Waals surface area contributed by atoms with Gasteiger partial charge in [-0.2, -0.15) is 6.07 Å². The van der Waals surface area contributed by atoms with Crippen LogP contribution in [0.4, 0.5) is 0 Å². The number of rotatable bonds is 2. The molecule has 2 aromatic rings. The zero-order chi connectivity index (χ0) is 20.4. The molecule has 0 saturated heterocycles. The van der Waals surface area contributed by atoms with Gasteiger partial charge in [-0.05, 0) is 48.3 Å². The Morgan fingerprint density at radius 1 is 0.893 bits per heavy atom. The van der Waals surface area contributed by atoms with Crippen LogP contribution >= 0.6 is 17.0 Å². The molecular formula is C25H35Cl2Zr-. The fourth-order valence-corrected chi connectivity index (χ4v) is 5.47. The number of hydrogen-bond donors (Lipinski definition) is 0. The quantitative estimate of drug-likeness (QED) is 0.364. The fraction of sp³-hybridized carbons (Fsp3) is 0.640. The van der Waals surface area contributed by atoms with Gasteiger partial charge in [0.1, 0.15) is 0 Å². The molecule has 0 heterocycles. The first-order chi connectivity index (χ1) is 13.3. The molecule has 154 valence electrons. The predicted octanol–water partition coefficient (Wildman–Crippen LogP) is 8.87. The summed E-state index contributed by atoms with van der Waals surface area (Å²) in [5, 5.41) is 3.03. The van der Waals surface area contributed by atoms with Crippen molar-refractivity contribution in [3.05, 3.63) is 41.5 Å². The Hall–Kier alpha value is 0.293. The van der Waals surface area contributed by atoms with Crippen molar-refractivity contribution in [2.75, 3.05) is 0 Å². The summed E-state index contributed by atoms with van der Waals surface area (Å²) in [6, 6.07) is 12.2. The molecule has 0 bridgehead atoms. The van der Waals surface area contributed by atoms with Crippen LogP contribution in [-0.2, 0) is 31.7 Å². The number of benzene rings is 1. The Morgan fingerprint density at radius 2 is 1.39 bits per heavy atom. The van der Waals surface area contributed by atoms with Gasteiger partial charge in [0.25, 0.3) is 0 Å². The van der Waals surface area contributed by atoms with E-state index in [1.165, 1.54) is 56.8 Å². The van der Waals surface area contributed by atoms with E-state index in [4.69, 9.17) is 17.0 Å². The minimum absolute atomic E-state index is 0.375. The van der Waals surface area contributed by atoms with E-state index in [-0.39, 0.29) is 0 Å². The maximum absolute atomic E-state index is 4.93. The number of hydrogen-bond acceptors (Lipinski definition) is 0. The molecule has 0 N–H and O–H groups in total. The second-order valence-corrected chi connectivity index (χ2v) is 13.8. The van der Waals surface area contributed by atoms with Gasteiger partial charge in [-0.3, -0.25) is 0 Å². The van der Waals surface area contributed by atoms with E-state index < -0.39 is 20.8 Å². The van der Waals surface area contributed by atoms with Gasteiger partial charge < -0.3 is 0 Å². The molecule has 2 saturated carbocycles. The van der Waals surface area contributed by atoms with E-state index in [1.54, 1.807) is 16.5 Å². The second kappa shape index (κ2) is 9.62. The van der Waals surface area contributed by atoms with Gasteiger partial charge in [0, 0.05) is 0 Å². The predicted molar refractivity (Wildman–Crippen MR) is 121 cm³/mol. The van der Waals surface area contributed by atoms with Crippen LogP contribution in [0.25, 0.3) is 10.8 Å². The minimum atomic E-state index is -0.826. The fourth-order valence-electron chi connectivity index (χ4n) is 5.47. The summed E-state index contributed by atoms with van der Waals surface area (Å²) < 4.78 is 0. The van der Waals surface area contributed by atoms with Crippen molar-refractivity contribution in [3.63, 3.8) is 0 Å². The number of halogens is 2. The molecule has 2 fully saturated rings. The maximum atomic E-state index is 4.93. The van der Waals surface area contributed by atoms with Crippen LogP contribution in [0.15, 0.2) is 30.3 Å². The van der Waals surface area contributed by atoms with Gasteiger partial charge >= 0.3 is 37.9 Å². The third kappa shape index (κ3) is 4.95. The summed E-state index contributed by atoms with van der Waals surface area (Å²) in [5.41, 5.74) is 4.00. The van der Waals surface area contributed by atoms with Crippen molar-refractivity contribution in [2.24, 2.45) is 11.8 Å². The second-order valence-electron chi connectivity index (χ2n) is 10.1. The van der Waals surface area contributed by atoms with Crippen molar-refractivity contribution in [1.82, 2.24) is 0 Å². The Labute approximate surface area is 190 Å². The summed E-state index contributed by atoms with van der Waals surface area (Å²) in [6.07, 6.45) is 11.0. The SMILES string of the molecule is CC1CCC(C)(c2cc3cccc(C4(C)CCC(C)CC4)c3[cH-]2)CC1.[Cl][Zr][Cl]. The van der Waals surface area contributed by atoms with Gasteiger partial charge in [-0.1, -0.05) is 59.4 Å². The standard InChI is InChI=1S/C25H35.2ClH.Zr/c1-18-8-12-24(3,13-9-18)21-16-20-6-5-7-23(22(20)17-21)25(4)14-10-19(2)11-15-25;;;/h5-7,16-19H,8-15H2,1-4H3;2*1H;/q-1;;;+2/p-2. The molecule has 0 nitrogen and oxygen atoms in total. The van der Waals surface area contributed by atoms with Crippen LogP contribution in [0.2, 0.25) is 0 Å². The molecule has 0 aromatic heterocycles. The molecule has 2 aromatic carbocycles. The molecule has 3 heteroatoms. The van der Waals surface area contributed by atoms with Crippen LogP contribution in [0.3, 0.4) is 0 Å². The Bertz CT molecular complexity index is 762. The molecule has 2 aliphatic carbocycles. The van der Waals surface area contributed by atoms with Crippen LogP contribution in [0.1, 0.15) is 90.2 Å². The van der Waals surface area contributed by atoms with Gasteiger partial charge in [-0.15, -0.1) is 40.1 Å². The summed E-state index contributed by atoms with van der Waals surface area (Å²) in [5.74, 6) is 1.82. The Balaban J connectivity index is 0.000000706. The van der Waals surface area contributed by atoms with Gasteiger partial charge in [0.05, 0.1) is 0 Å². The molecule has 0 aliphatic heterocycles. The molecule has 0 unspecified atom stereocenters. The summed E-state index contributed by atoms with van der Waals surface area (Å²) >= 11 is -0.826. The molecule has 0 radical (unpaired) electrons. The first-order valence-electron chi connectivity index (χ1n) is 11.0. The zero-order valence-electron chi connectivity index (χ0n) is 18.0. The third-order valence-electron chi connectivity index (χ3n) is 7.85. The monoisotopic (exact) mass is 495 g/mol. The van der Waals surface area contributed by atoms with E-state index in [2.05, 4.69) is 58.0 Å². The molecule has 28 heavy (non-hydrogen) atoms. The average molecular weight is 498 g/mol. The third-order valence-corrected chi connectivity index (χ3v) is 7.85. The summed E-state index contributed by atoms with van der Waals surface area (Å²) in [6.45, 7) is 9.87. The van der Waals surface area contributed by atoms with Crippen LogP contribution in [0, 0.1) is 11.8 Å². The first-order valence-corrected chi connectivity index (χ1v) is 17.3. The summed E-state index contributed by atoms with van der Waals surface area (Å²) in [7, 11) is 9.87. The van der Waals surface area contributed by atoms with E-state index in [1.807, 2.05) is 0 Å². The summed E-state index contributed by atoms with van der Waals surface area (Å²) in [4.78, 5) is 0. The van der Waals surface area contributed by atoms with Crippen molar-refractivity contribution in [2.45, 2.75) is 89.9 Å². The van der Waals surface area contributed by atoms with Crippen LogP contribution in [0.5, 0.6) is 0 Å². The van der Waals surface area contributed by atoms with E-state index in [0.717, 1.165) is 11.8 Å². The van der Waals surface area contributed by atoms with Crippen molar-refractivity contribution < 1.29 is 20.8 Å². The van der Waals surface area contributed by atoms with Crippen LogP contribution in [-0.4, -0.2) is 0 Å². The van der Waals surface area contributed by atoms with Gasteiger partial charge in [-0.25, -0.2) is 0 Å². The zero-order valence-corrected chi connectivity index (χ0v) is 21.9. The van der Waals surface area contributed by atoms with Crippen molar-refractivity contribution in [3.8, 4) is 0 Å². The topological polar surface area (TPSA) is 0 Å². The van der Waals surface area contributed by atoms with Crippen molar-refractivity contribution >= 4 is 27.8 Å². The average Bonchev–Trinajstić information content (AvgIpc) is 3.12. The molecule has 4 rings (SSSR count). The van der Waals surface area contributed by atoms with Crippen molar-refractivity contribution in [1.29, 1.82) is 0 Å². The van der Waals surface area contributed by atoms with Gasteiger partial charge in [0.2, 0.25) is 0 Å². The molecule has 2 aliphatic rings. The molecular weight excluding hydrogens is 462 g/mol. The van der Waals surface area contributed by atoms with Crippen LogP contribution < -0.4 is 0 Å². The molecule has 0 atom stereocenters. The Kier molecular flexibility index (Phi) is 7.89. The van der Waals surface area contributed by atoms with E-state index in [9.17, 15) is 0 Å². The molecule has 0 amide bonds. The van der Waals surface area contributed by atoms with E-state index >= 15 is 0 Å². The first kappa shape index (κ1) is 23.0.